The SMILES string of the molecule is CN1C(=N)N[C@](C)(c2cncc(-c3cccnc3F)c2)CC1=O. The van der Waals surface area contributed by atoms with Gasteiger partial charge in [-0.15, -0.1) is 0 Å². The second kappa shape index (κ2) is 5.42. The van der Waals surface area contributed by atoms with Gasteiger partial charge in [0.05, 0.1) is 12.0 Å². The van der Waals surface area contributed by atoms with Gasteiger partial charge in [0.15, 0.2) is 5.96 Å². The Morgan fingerprint density at radius 1 is 1.43 bits per heavy atom. The Morgan fingerprint density at radius 3 is 2.91 bits per heavy atom. The van der Waals surface area contributed by atoms with Crippen molar-refractivity contribution in [3.05, 3.63) is 48.3 Å². The molecule has 3 rings (SSSR count). The van der Waals surface area contributed by atoms with Gasteiger partial charge < -0.3 is 5.32 Å². The van der Waals surface area contributed by atoms with Crippen LogP contribution in [0.5, 0.6) is 0 Å². The number of carbonyl (C=O) groups excluding carboxylic acids is 1. The van der Waals surface area contributed by atoms with Crippen LogP contribution in [0.15, 0.2) is 36.8 Å². The summed E-state index contributed by atoms with van der Waals surface area (Å²) in [5, 5.41) is 10.9. The molecule has 7 heteroatoms. The van der Waals surface area contributed by atoms with E-state index in [0.717, 1.165) is 0 Å². The number of guanidine groups is 1. The van der Waals surface area contributed by atoms with Crippen LogP contribution in [0.3, 0.4) is 0 Å². The van der Waals surface area contributed by atoms with Gasteiger partial charge in [0.2, 0.25) is 11.9 Å². The fourth-order valence-electron chi connectivity index (χ4n) is 2.60. The number of hydrogen-bond acceptors (Lipinski definition) is 4. The zero-order valence-electron chi connectivity index (χ0n) is 12.8. The van der Waals surface area contributed by atoms with Gasteiger partial charge in [0.25, 0.3) is 0 Å². The maximum Gasteiger partial charge on any atom is 0.231 e. The van der Waals surface area contributed by atoms with Gasteiger partial charge in [-0.3, -0.25) is 20.1 Å². The van der Waals surface area contributed by atoms with Crippen LogP contribution in [-0.4, -0.2) is 33.8 Å². The molecule has 1 fully saturated rings. The van der Waals surface area contributed by atoms with Gasteiger partial charge in [0, 0.05) is 36.8 Å². The van der Waals surface area contributed by atoms with Crippen LogP contribution in [-0.2, 0) is 10.3 Å². The molecule has 0 bridgehead atoms. The predicted octanol–water partition coefficient (Wildman–Crippen LogP) is 1.88. The molecule has 3 heterocycles. The van der Waals surface area contributed by atoms with Gasteiger partial charge in [-0.2, -0.15) is 4.39 Å². The largest absolute Gasteiger partial charge is 0.346 e. The Hall–Kier alpha value is -2.83. The van der Waals surface area contributed by atoms with Crippen LogP contribution >= 0.6 is 0 Å². The molecule has 1 amide bonds. The molecule has 2 N–H and O–H groups in total. The van der Waals surface area contributed by atoms with Crippen molar-refractivity contribution in [1.29, 1.82) is 5.41 Å². The van der Waals surface area contributed by atoms with E-state index in [9.17, 15) is 9.18 Å². The average Bonchev–Trinajstić information content (AvgIpc) is 2.53. The lowest BCUT2D eigenvalue weighted by atomic mass is 9.86. The Kier molecular flexibility index (Phi) is 3.55. The van der Waals surface area contributed by atoms with E-state index >= 15 is 0 Å². The van der Waals surface area contributed by atoms with E-state index in [2.05, 4.69) is 15.3 Å². The maximum absolute atomic E-state index is 13.9. The van der Waals surface area contributed by atoms with E-state index in [1.165, 1.54) is 11.1 Å². The van der Waals surface area contributed by atoms with Gasteiger partial charge in [-0.25, -0.2) is 4.98 Å². The molecule has 0 spiro atoms. The van der Waals surface area contributed by atoms with Gasteiger partial charge in [-0.05, 0) is 30.7 Å². The molecule has 23 heavy (non-hydrogen) atoms. The molecule has 0 radical (unpaired) electrons. The third-order valence-electron chi connectivity index (χ3n) is 4.05. The summed E-state index contributed by atoms with van der Waals surface area (Å²) in [6.45, 7) is 1.83. The van der Waals surface area contributed by atoms with Crippen molar-refractivity contribution in [1.82, 2.24) is 20.2 Å². The molecule has 2 aromatic heterocycles. The first-order valence-electron chi connectivity index (χ1n) is 7.10. The third-order valence-corrected chi connectivity index (χ3v) is 4.05. The lowest BCUT2D eigenvalue weighted by molar-refractivity contribution is -0.129. The summed E-state index contributed by atoms with van der Waals surface area (Å²) in [6.07, 6.45) is 4.74. The summed E-state index contributed by atoms with van der Waals surface area (Å²) in [5.41, 5.74) is 0.876. The first-order valence-corrected chi connectivity index (χ1v) is 7.10. The fourth-order valence-corrected chi connectivity index (χ4v) is 2.60. The molecule has 118 valence electrons. The van der Waals surface area contributed by atoms with E-state index in [4.69, 9.17) is 5.41 Å². The molecule has 1 aliphatic heterocycles. The molecule has 0 unspecified atom stereocenters. The normalized spacial score (nSPS) is 21.3. The number of aromatic nitrogens is 2. The van der Waals surface area contributed by atoms with Crippen LogP contribution in [0.4, 0.5) is 4.39 Å². The van der Waals surface area contributed by atoms with Crippen molar-refractivity contribution < 1.29 is 9.18 Å². The van der Waals surface area contributed by atoms with Crippen molar-refractivity contribution in [2.45, 2.75) is 18.9 Å². The van der Waals surface area contributed by atoms with E-state index in [0.29, 0.717) is 16.7 Å². The lowest BCUT2D eigenvalue weighted by Gasteiger charge is -2.39. The Morgan fingerprint density at radius 2 is 2.22 bits per heavy atom. The molecule has 1 saturated heterocycles. The van der Waals surface area contributed by atoms with Gasteiger partial charge in [-0.1, -0.05) is 0 Å². The first kappa shape index (κ1) is 15.1. The highest BCUT2D eigenvalue weighted by Gasteiger charge is 2.38. The standard InChI is InChI=1S/C16H16FN5O/c1-16(7-13(23)22(2)15(18)21-16)11-6-10(8-19-9-11)12-4-3-5-20-14(12)17/h3-6,8-9H,7H2,1-2H3,(H2,18,21)/t16-/m0/s1. The number of pyridine rings is 2. The van der Waals surface area contributed by atoms with E-state index < -0.39 is 11.5 Å². The fraction of sp³-hybridized carbons (Fsp3) is 0.250. The quantitative estimate of drug-likeness (QED) is 0.830. The average molecular weight is 313 g/mol. The monoisotopic (exact) mass is 313 g/mol. The second-order valence-corrected chi connectivity index (χ2v) is 5.74. The zero-order valence-corrected chi connectivity index (χ0v) is 12.8. The molecule has 0 saturated carbocycles. The van der Waals surface area contributed by atoms with Gasteiger partial charge >= 0.3 is 0 Å². The van der Waals surface area contributed by atoms with Crippen LogP contribution in [0.1, 0.15) is 18.9 Å². The minimum Gasteiger partial charge on any atom is -0.346 e. The molecule has 0 aromatic carbocycles. The zero-order chi connectivity index (χ0) is 16.6. The van der Waals surface area contributed by atoms with E-state index in [1.807, 2.05) is 6.92 Å². The van der Waals surface area contributed by atoms with Crippen LogP contribution in [0, 0.1) is 11.4 Å². The van der Waals surface area contributed by atoms with Crippen LogP contribution in [0.25, 0.3) is 11.1 Å². The first-order chi connectivity index (χ1) is 10.9. The van der Waals surface area contributed by atoms with Crippen molar-refractivity contribution >= 4 is 11.9 Å². The Balaban J connectivity index is 2.02. The molecule has 1 atom stereocenters. The summed E-state index contributed by atoms with van der Waals surface area (Å²) in [4.78, 5) is 21.1. The maximum atomic E-state index is 13.9. The highest BCUT2D eigenvalue weighted by molar-refractivity contribution is 5.98. The summed E-state index contributed by atoms with van der Waals surface area (Å²) in [5.74, 6) is -0.701. The Bertz CT molecular complexity index is 774. The summed E-state index contributed by atoms with van der Waals surface area (Å²) >= 11 is 0. The third kappa shape index (κ3) is 2.65. The molecular formula is C16H16FN5O. The number of nitrogens with zero attached hydrogens (tertiary/aromatic N) is 3. The smallest absolute Gasteiger partial charge is 0.231 e. The molecule has 1 aliphatic rings. The Labute approximate surface area is 132 Å². The molecule has 0 aliphatic carbocycles. The summed E-state index contributed by atoms with van der Waals surface area (Å²) in [6, 6.07) is 5.05. The lowest BCUT2D eigenvalue weighted by Crippen LogP contribution is -2.58. The van der Waals surface area contributed by atoms with E-state index in [-0.39, 0.29) is 18.3 Å². The van der Waals surface area contributed by atoms with Crippen molar-refractivity contribution in [2.75, 3.05) is 7.05 Å². The topological polar surface area (TPSA) is 82.0 Å². The second-order valence-electron chi connectivity index (χ2n) is 5.74. The minimum atomic E-state index is -0.762. The van der Waals surface area contributed by atoms with E-state index in [1.54, 1.807) is 37.6 Å². The number of carbonyl (C=O) groups is 1. The molecule has 6 nitrogen and oxygen atoms in total. The highest BCUT2D eigenvalue weighted by atomic mass is 19.1. The molecular weight excluding hydrogens is 297 g/mol. The number of nitrogens with one attached hydrogen (secondary N) is 2. The summed E-state index contributed by atoms with van der Waals surface area (Å²) in [7, 11) is 1.55. The minimum absolute atomic E-state index is 0.0294. The van der Waals surface area contributed by atoms with Crippen LogP contribution in [0.2, 0.25) is 0 Å². The van der Waals surface area contributed by atoms with Crippen LogP contribution < -0.4 is 5.32 Å². The summed E-state index contributed by atoms with van der Waals surface area (Å²) < 4.78 is 13.9. The number of amides is 1. The van der Waals surface area contributed by atoms with Crippen molar-refractivity contribution in [2.24, 2.45) is 0 Å². The predicted molar refractivity (Wildman–Crippen MR) is 83.0 cm³/mol. The molecule has 2 aromatic rings. The highest BCUT2D eigenvalue weighted by Crippen LogP contribution is 2.31. The van der Waals surface area contributed by atoms with Gasteiger partial charge in [0.1, 0.15) is 0 Å². The number of hydrogen-bond donors (Lipinski definition) is 2. The number of rotatable bonds is 2. The van der Waals surface area contributed by atoms with Crippen molar-refractivity contribution in [3.63, 3.8) is 0 Å². The van der Waals surface area contributed by atoms with Crippen molar-refractivity contribution in [3.8, 4) is 11.1 Å². The number of halogens is 1.